The molecular weight excluding hydrogens is 390 g/mol. The van der Waals surface area contributed by atoms with Gasteiger partial charge in [-0.3, -0.25) is 9.69 Å². The number of carbonyl (C=O) groups is 1. The van der Waals surface area contributed by atoms with Crippen LogP contribution in [0.1, 0.15) is 27.0 Å². The predicted octanol–water partition coefficient (Wildman–Crippen LogP) is 6.04. The molecule has 0 fully saturated rings. The quantitative estimate of drug-likeness (QED) is 0.413. The van der Waals surface area contributed by atoms with E-state index < -0.39 is 11.6 Å². The highest BCUT2D eigenvalue weighted by Gasteiger charge is 2.24. The highest BCUT2D eigenvalue weighted by Crippen LogP contribution is 2.33. The number of hydrogen-bond acceptors (Lipinski definition) is 3. The van der Waals surface area contributed by atoms with E-state index >= 15 is 0 Å². The number of benzene rings is 3. The van der Waals surface area contributed by atoms with Crippen LogP contribution in [-0.2, 0) is 6.54 Å². The van der Waals surface area contributed by atoms with Gasteiger partial charge in [-0.1, -0.05) is 59.4 Å². The largest absolute Gasteiger partial charge is 0.279 e. The molecule has 0 aliphatic carbocycles. The molecule has 0 N–H and O–H groups in total. The van der Waals surface area contributed by atoms with Gasteiger partial charge in [0.15, 0.2) is 10.9 Å². The molecule has 1 amide bonds. The molecule has 1 aromatic heterocycles. The molecular formula is C23H18F2N2OS. The summed E-state index contributed by atoms with van der Waals surface area (Å²) >= 11 is 1.10. The van der Waals surface area contributed by atoms with Gasteiger partial charge in [0.05, 0.1) is 11.2 Å². The van der Waals surface area contributed by atoms with Crippen LogP contribution in [0, 0.1) is 25.5 Å². The number of carbonyl (C=O) groups excluding carboxylic acids is 1. The number of aromatic nitrogens is 1. The Hall–Kier alpha value is -3.12. The fraction of sp³-hybridized carbons (Fsp3) is 0.130. The molecule has 0 saturated heterocycles. The Labute approximate surface area is 171 Å². The second kappa shape index (κ2) is 7.72. The van der Waals surface area contributed by atoms with Crippen molar-refractivity contribution in [3.8, 4) is 0 Å². The summed E-state index contributed by atoms with van der Waals surface area (Å²) in [5.74, 6) is -1.63. The van der Waals surface area contributed by atoms with E-state index in [2.05, 4.69) is 4.98 Å². The first-order chi connectivity index (χ1) is 13.9. The summed E-state index contributed by atoms with van der Waals surface area (Å²) in [6.07, 6.45) is 0. The van der Waals surface area contributed by atoms with Crippen LogP contribution in [0.2, 0.25) is 0 Å². The molecule has 3 aromatic carbocycles. The van der Waals surface area contributed by atoms with Gasteiger partial charge >= 0.3 is 0 Å². The maximum Gasteiger partial charge on any atom is 0.260 e. The van der Waals surface area contributed by atoms with E-state index in [1.165, 1.54) is 11.0 Å². The molecule has 1 heterocycles. The van der Waals surface area contributed by atoms with Crippen LogP contribution in [0.15, 0.2) is 60.7 Å². The second-order valence-electron chi connectivity index (χ2n) is 6.93. The van der Waals surface area contributed by atoms with Crippen molar-refractivity contribution in [3.63, 3.8) is 0 Å². The average molecular weight is 408 g/mol. The molecule has 3 nitrogen and oxygen atoms in total. The number of aryl methyl sites for hydroxylation is 2. The number of anilines is 1. The Morgan fingerprint density at radius 1 is 1.03 bits per heavy atom. The Morgan fingerprint density at radius 3 is 2.55 bits per heavy atom. The summed E-state index contributed by atoms with van der Waals surface area (Å²) < 4.78 is 28.2. The Balaban J connectivity index is 1.83. The molecule has 0 bridgehead atoms. The zero-order chi connectivity index (χ0) is 20.5. The molecule has 0 aliphatic rings. The molecule has 0 aliphatic heterocycles. The van der Waals surface area contributed by atoms with Crippen molar-refractivity contribution >= 4 is 32.6 Å². The van der Waals surface area contributed by atoms with Crippen LogP contribution in [0.3, 0.4) is 0 Å². The third-order valence-corrected chi connectivity index (χ3v) is 5.71. The van der Waals surface area contributed by atoms with Gasteiger partial charge in [0.2, 0.25) is 0 Å². The van der Waals surface area contributed by atoms with E-state index in [-0.39, 0.29) is 18.0 Å². The minimum atomic E-state index is -0.735. The van der Waals surface area contributed by atoms with Crippen LogP contribution >= 0.6 is 11.3 Å². The molecule has 0 radical (unpaired) electrons. The zero-order valence-electron chi connectivity index (χ0n) is 15.9. The van der Waals surface area contributed by atoms with E-state index in [1.807, 2.05) is 62.4 Å². The van der Waals surface area contributed by atoms with Crippen molar-refractivity contribution in [2.45, 2.75) is 20.4 Å². The van der Waals surface area contributed by atoms with Gasteiger partial charge < -0.3 is 0 Å². The molecule has 0 saturated carbocycles. The van der Waals surface area contributed by atoms with Crippen molar-refractivity contribution < 1.29 is 13.6 Å². The first-order valence-electron chi connectivity index (χ1n) is 9.11. The fourth-order valence-electron chi connectivity index (χ4n) is 3.16. The zero-order valence-corrected chi connectivity index (χ0v) is 16.8. The van der Waals surface area contributed by atoms with Gasteiger partial charge in [0.1, 0.15) is 11.3 Å². The molecule has 146 valence electrons. The van der Waals surface area contributed by atoms with E-state index in [4.69, 9.17) is 0 Å². The van der Waals surface area contributed by atoms with Gasteiger partial charge in [0, 0.05) is 11.6 Å². The summed E-state index contributed by atoms with van der Waals surface area (Å²) in [4.78, 5) is 19.3. The highest BCUT2D eigenvalue weighted by molar-refractivity contribution is 7.22. The second-order valence-corrected chi connectivity index (χ2v) is 7.94. The van der Waals surface area contributed by atoms with E-state index in [0.717, 1.165) is 34.1 Å². The molecule has 6 heteroatoms. The van der Waals surface area contributed by atoms with Crippen molar-refractivity contribution in [1.29, 1.82) is 0 Å². The standard InChI is InChI=1S/C23H18F2N2OS/c1-14-8-9-15(2)18(10-14)22(28)27(13-16-6-4-3-5-7-16)23-26-21-19(25)11-17(24)12-20(21)29-23/h3-12H,13H2,1-2H3. The maximum atomic E-state index is 14.2. The summed E-state index contributed by atoms with van der Waals surface area (Å²) in [7, 11) is 0. The summed E-state index contributed by atoms with van der Waals surface area (Å²) in [6.45, 7) is 4.07. The van der Waals surface area contributed by atoms with E-state index in [1.54, 1.807) is 0 Å². The smallest absolute Gasteiger partial charge is 0.260 e. The van der Waals surface area contributed by atoms with Crippen molar-refractivity contribution in [2.24, 2.45) is 0 Å². The first-order valence-corrected chi connectivity index (χ1v) is 9.92. The van der Waals surface area contributed by atoms with Gasteiger partial charge in [-0.2, -0.15) is 0 Å². The normalized spacial score (nSPS) is 11.0. The summed E-state index contributed by atoms with van der Waals surface area (Å²) in [5.41, 5.74) is 3.36. The number of nitrogens with zero attached hydrogens (tertiary/aromatic N) is 2. The number of thiazole rings is 1. The lowest BCUT2D eigenvalue weighted by Gasteiger charge is -2.21. The lowest BCUT2D eigenvalue weighted by Crippen LogP contribution is -2.31. The van der Waals surface area contributed by atoms with Gasteiger partial charge in [-0.15, -0.1) is 0 Å². The number of rotatable bonds is 4. The van der Waals surface area contributed by atoms with Crippen molar-refractivity contribution in [3.05, 3.63) is 94.6 Å². The Bertz CT molecular complexity index is 1200. The van der Waals surface area contributed by atoms with Crippen molar-refractivity contribution in [2.75, 3.05) is 4.90 Å². The minimum absolute atomic E-state index is 0.0678. The molecule has 4 aromatic rings. The van der Waals surface area contributed by atoms with Gasteiger partial charge in [-0.05, 0) is 37.1 Å². The Morgan fingerprint density at radius 2 is 1.79 bits per heavy atom. The Kier molecular flexibility index (Phi) is 5.11. The van der Waals surface area contributed by atoms with E-state index in [9.17, 15) is 13.6 Å². The molecule has 0 atom stereocenters. The number of hydrogen-bond donors (Lipinski definition) is 0. The number of amides is 1. The summed E-state index contributed by atoms with van der Waals surface area (Å²) in [5, 5.41) is 0.333. The molecule has 0 unspecified atom stereocenters. The topological polar surface area (TPSA) is 33.2 Å². The third kappa shape index (κ3) is 3.89. The predicted molar refractivity (Wildman–Crippen MR) is 112 cm³/mol. The maximum absolute atomic E-state index is 14.2. The van der Waals surface area contributed by atoms with Crippen LogP contribution in [0.4, 0.5) is 13.9 Å². The van der Waals surface area contributed by atoms with Gasteiger partial charge in [0.25, 0.3) is 5.91 Å². The third-order valence-electron chi connectivity index (χ3n) is 4.68. The van der Waals surface area contributed by atoms with Crippen molar-refractivity contribution in [1.82, 2.24) is 4.98 Å². The van der Waals surface area contributed by atoms with Gasteiger partial charge in [-0.25, -0.2) is 13.8 Å². The lowest BCUT2D eigenvalue weighted by molar-refractivity contribution is 0.0984. The van der Waals surface area contributed by atoms with Crippen LogP contribution in [0.25, 0.3) is 10.2 Å². The van der Waals surface area contributed by atoms with E-state index in [0.29, 0.717) is 15.4 Å². The summed E-state index contributed by atoms with van der Waals surface area (Å²) in [6, 6.07) is 17.2. The molecule has 29 heavy (non-hydrogen) atoms. The lowest BCUT2D eigenvalue weighted by atomic mass is 10.0. The number of halogens is 2. The SMILES string of the molecule is Cc1ccc(C)c(C(=O)N(Cc2ccccc2)c2nc3c(F)cc(F)cc3s2)c1. The fourth-order valence-corrected chi connectivity index (χ4v) is 4.17. The van der Waals surface area contributed by atoms with Crippen LogP contribution < -0.4 is 4.90 Å². The monoisotopic (exact) mass is 408 g/mol. The average Bonchev–Trinajstić information content (AvgIpc) is 3.12. The minimum Gasteiger partial charge on any atom is -0.279 e. The molecule has 0 spiro atoms. The molecule has 4 rings (SSSR count). The highest BCUT2D eigenvalue weighted by atomic mass is 32.1. The van der Waals surface area contributed by atoms with Crippen LogP contribution in [0.5, 0.6) is 0 Å². The van der Waals surface area contributed by atoms with Crippen LogP contribution in [-0.4, -0.2) is 10.9 Å². The number of fused-ring (bicyclic) bond motifs is 1. The first kappa shape index (κ1) is 19.2.